The molecule has 1 N–H and O–H groups in total. The Morgan fingerprint density at radius 3 is 2.76 bits per heavy atom. The summed E-state index contributed by atoms with van der Waals surface area (Å²) >= 11 is 7.74. The maximum atomic E-state index is 13.0. The minimum atomic E-state index is -0.252. The van der Waals surface area contributed by atoms with E-state index in [1.165, 1.54) is 21.9 Å². The predicted octanol–water partition coefficient (Wildman–Crippen LogP) is 4.14. The monoisotopic (exact) mass is 269 g/mol. The molecule has 1 aromatic carbocycles. The first-order chi connectivity index (χ1) is 8.15. The summed E-state index contributed by atoms with van der Waals surface area (Å²) in [5.74, 6) is -0.252. The van der Waals surface area contributed by atoms with Crippen molar-refractivity contribution in [2.24, 2.45) is 0 Å². The van der Waals surface area contributed by atoms with Gasteiger partial charge in [-0.15, -0.1) is 11.3 Å². The fourth-order valence-electron chi connectivity index (χ4n) is 1.58. The number of halogens is 2. The molecule has 1 aromatic heterocycles. The quantitative estimate of drug-likeness (QED) is 0.880. The highest BCUT2D eigenvalue weighted by Crippen LogP contribution is 2.18. The molecule has 0 aliphatic heterocycles. The van der Waals surface area contributed by atoms with Gasteiger partial charge in [0.15, 0.2) is 0 Å². The molecule has 0 radical (unpaired) electrons. The molecule has 1 heterocycles. The number of rotatable bonds is 4. The van der Waals surface area contributed by atoms with Crippen LogP contribution in [0.4, 0.5) is 4.39 Å². The summed E-state index contributed by atoms with van der Waals surface area (Å²) in [6.45, 7) is 3.44. The lowest BCUT2D eigenvalue weighted by molar-refractivity contribution is 0.620. The topological polar surface area (TPSA) is 12.0 Å². The molecule has 4 heteroatoms. The van der Waals surface area contributed by atoms with Gasteiger partial charge in [-0.2, -0.15) is 0 Å². The highest BCUT2D eigenvalue weighted by molar-refractivity contribution is 7.11. The Morgan fingerprint density at radius 2 is 2.06 bits per heavy atom. The number of benzene rings is 1. The molecule has 0 spiro atoms. The standard InChI is InChI=1S/C13H13ClFNS/c1-9-2-4-12(17-9)8-16-7-10-6-11(15)3-5-13(10)14/h2-6,16H,7-8H2,1H3. The lowest BCUT2D eigenvalue weighted by Crippen LogP contribution is -2.12. The number of aryl methyl sites for hydroxylation is 1. The Kier molecular flexibility index (Phi) is 4.15. The van der Waals surface area contributed by atoms with Crippen LogP contribution >= 0.6 is 22.9 Å². The maximum absolute atomic E-state index is 13.0. The van der Waals surface area contributed by atoms with Crippen LogP contribution in [0, 0.1) is 12.7 Å². The summed E-state index contributed by atoms with van der Waals surface area (Å²) in [5, 5.41) is 3.86. The third-order valence-electron chi connectivity index (χ3n) is 2.42. The van der Waals surface area contributed by atoms with E-state index in [0.717, 1.165) is 12.1 Å². The van der Waals surface area contributed by atoms with Crippen molar-refractivity contribution >= 4 is 22.9 Å². The Bertz CT molecular complexity index is 510. The minimum absolute atomic E-state index is 0.252. The van der Waals surface area contributed by atoms with Crippen molar-refractivity contribution < 1.29 is 4.39 Å². The zero-order valence-corrected chi connectivity index (χ0v) is 11.0. The van der Waals surface area contributed by atoms with Gasteiger partial charge in [-0.1, -0.05) is 11.6 Å². The third kappa shape index (κ3) is 3.53. The van der Waals surface area contributed by atoms with E-state index in [4.69, 9.17) is 11.6 Å². The molecule has 0 saturated heterocycles. The molecular weight excluding hydrogens is 257 g/mol. The van der Waals surface area contributed by atoms with Crippen molar-refractivity contribution in [1.82, 2.24) is 5.32 Å². The first-order valence-electron chi connectivity index (χ1n) is 5.35. The maximum Gasteiger partial charge on any atom is 0.123 e. The van der Waals surface area contributed by atoms with Crippen molar-refractivity contribution in [3.05, 3.63) is 56.5 Å². The van der Waals surface area contributed by atoms with Gasteiger partial charge in [-0.05, 0) is 42.8 Å². The van der Waals surface area contributed by atoms with Crippen LogP contribution in [0.5, 0.6) is 0 Å². The lowest BCUT2D eigenvalue weighted by Gasteiger charge is -2.05. The fraction of sp³-hybridized carbons (Fsp3) is 0.231. The molecule has 0 aliphatic carbocycles. The summed E-state index contributed by atoms with van der Waals surface area (Å²) in [6.07, 6.45) is 0. The van der Waals surface area contributed by atoms with Gasteiger partial charge in [0.1, 0.15) is 5.82 Å². The van der Waals surface area contributed by atoms with Gasteiger partial charge in [0, 0.05) is 27.9 Å². The zero-order chi connectivity index (χ0) is 12.3. The third-order valence-corrected chi connectivity index (χ3v) is 3.79. The van der Waals surface area contributed by atoms with Crippen LogP contribution in [0.3, 0.4) is 0 Å². The Balaban J connectivity index is 1.91. The number of thiophene rings is 1. The second kappa shape index (κ2) is 5.63. The van der Waals surface area contributed by atoms with E-state index in [1.54, 1.807) is 17.4 Å². The summed E-state index contributed by atoms with van der Waals surface area (Å²) in [6, 6.07) is 8.61. The molecular formula is C13H13ClFNS. The van der Waals surface area contributed by atoms with E-state index in [0.29, 0.717) is 11.6 Å². The lowest BCUT2D eigenvalue weighted by atomic mass is 10.2. The average Bonchev–Trinajstić information content (AvgIpc) is 2.69. The highest BCUT2D eigenvalue weighted by Gasteiger charge is 2.02. The van der Waals surface area contributed by atoms with Crippen LogP contribution in [-0.2, 0) is 13.1 Å². The molecule has 0 amide bonds. The van der Waals surface area contributed by atoms with Crippen LogP contribution in [0.25, 0.3) is 0 Å². The predicted molar refractivity (Wildman–Crippen MR) is 71.0 cm³/mol. The molecule has 90 valence electrons. The van der Waals surface area contributed by atoms with Crippen LogP contribution in [-0.4, -0.2) is 0 Å². The molecule has 0 bridgehead atoms. The highest BCUT2D eigenvalue weighted by atomic mass is 35.5. The molecule has 1 nitrogen and oxygen atoms in total. The van der Waals surface area contributed by atoms with Gasteiger partial charge in [0.2, 0.25) is 0 Å². The fourth-order valence-corrected chi connectivity index (χ4v) is 2.62. The second-order valence-electron chi connectivity index (χ2n) is 3.85. The minimum Gasteiger partial charge on any atom is -0.308 e. The zero-order valence-electron chi connectivity index (χ0n) is 9.47. The van der Waals surface area contributed by atoms with Gasteiger partial charge < -0.3 is 5.32 Å². The van der Waals surface area contributed by atoms with Crippen molar-refractivity contribution in [2.45, 2.75) is 20.0 Å². The molecule has 0 saturated carbocycles. The van der Waals surface area contributed by atoms with Crippen molar-refractivity contribution in [2.75, 3.05) is 0 Å². The van der Waals surface area contributed by atoms with Gasteiger partial charge in [0.25, 0.3) is 0 Å². The van der Waals surface area contributed by atoms with E-state index >= 15 is 0 Å². The molecule has 2 aromatic rings. The molecule has 0 unspecified atom stereocenters. The van der Waals surface area contributed by atoms with E-state index in [9.17, 15) is 4.39 Å². The van der Waals surface area contributed by atoms with E-state index in [-0.39, 0.29) is 5.82 Å². The average molecular weight is 270 g/mol. The van der Waals surface area contributed by atoms with Crippen molar-refractivity contribution in [1.29, 1.82) is 0 Å². The van der Waals surface area contributed by atoms with Crippen LogP contribution in [0.2, 0.25) is 5.02 Å². The molecule has 2 rings (SSSR count). The summed E-state index contributed by atoms with van der Waals surface area (Å²) in [7, 11) is 0. The van der Waals surface area contributed by atoms with E-state index < -0.39 is 0 Å². The van der Waals surface area contributed by atoms with Crippen LogP contribution in [0.15, 0.2) is 30.3 Å². The summed E-state index contributed by atoms with van der Waals surface area (Å²) in [5.41, 5.74) is 0.792. The van der Waals surface area contributed by atoms with Gasteiger partial charge in [-0.25, -0.2) is 4.39 Å². The number of hydrogen-bond donors (Lipinski definition) is 1. The second-order valence-corrected chi connectivity index (χ2v) is 5.63. The van der Waals surface area contributed by atoms with Gasteiger partial charge in [-0.3, -0.25) is 0 Å². The first kappa shape index (κ1) is 12.6. The number of nitrogens with one attached hydrogen (secondary N) is 1. The number of hydrogen-bond acceptors (Lipinski definition) is 2. The van der Waals surface area contributed by atoms with Gasteiger partial charge in [0.05, 0.1) is 0 Å². The molecule has 17 heavy (non-hydrogen) atoms. The Hall–Kier alpha value is -0.900. The van der Waals surface area contributed by atoms with Crippen LogP contribution in [0.1, 0.15) is 15.3 Å². The molecule has 0 fully saturated rings. The normalized spacial score (nSPS) is 10.8. The largest absolute Gasteiger partial charge is 0.308 e. The Morgan fingerprint density at radius 1 is 1.24 bits per heavy atom. The van der Waals surface area contributed by atoms with E-state index in [2.05, 4.69) is 24.4 Å². The van der Waals surface area contributed by atoms with Crippen LogP contribution < -0.4 is 5.32 Å². The molecule has 0 aliphatic rings. The van der Waals surface area contributed by atoms with Crippen molar-refractivity contribution in [3.63, 3.8) is 0 Å². The van der Waals surface area contributed by atoms with Gasteiger partial charge >= 0.3 is 0 Å². The first-order valence-corrected chi connectivity index (χ1v) is 6.54. The van der Waals surface area contributed by atoms with Crippen molar-refractivity contribution in [3.8, 4) is 0 Å². The smallest absolute Gasteiger partial charge is 0.123 e. The molecule has 0 atom stereocenters. The SMILES string of the molecule is Cc1ccc(CNCc2cc(F)ccc2Cl)s1. The van der Waals surface area contributed by atoms with E-state index in [1.807, 2.05) is 0 Å². The Labute approximate surface area is 109 Å². The summed E-state index contributed by atoms with van der Waals surface area (Å²) in [4.78, 5) is 2.57. The summed E-state index contributed by atoms with van der Waals surface area (Å²) < 4.78 is 13.0.